The first-order valence-electron chi connectivity index (χ1n) is 12.6. The molecule has 2 unspecified atom stereocenters. The Labute approximate surface area is 217 Å². The quantitative estimate of drug-likeness (QED) is 0.285. The minimum atomic E-state index is -0.779. The maximum absolute atomic E-state index is 12.1. The Morgan fingerprint density at radius 3 is 2.19 bits per heavy atom. The lowest BCUT2D eigenvalue weighted by atomic mass is 9.94. The summed E-state index contributed by atoms with van der Waals surface area (Å²) < 4.78 is 11.8. The molecule has 37 heavy (non-hydrogen) atoms. The van der Waals surface area contributed by atoms with Gasteiger partial charge in [-0.15, -0.1) is 0 Å². The highest BCUT2D eigenvalue weighted by atomic mass is 16.5. The van der Waals surface area contributed by atoms with Crippen LogP contribution in [0.15, 0.2) is 103 Å². The number of rotatable bonds is 9. The lowest BCUT2D eigenvalue weighted by Gasteiger charge is -2.32. The number of carbonyl (C=O) groups is 1. The summed E-state index contributed by atoms with van der Waals surface area (Å²) in [4.78, 5) is 14.2. The van der Waals surface area contributed by atoms with Crippen molar-refractivity contribution in [3.05, 3.63) is 120 Å². The normalized spacial score (nSPS) is 16.3. The van der Waals surface area contributed by atoms with Gasteiger partial charge in [0.2, 0.25) is 0 Å². The van der Waals surface area contributed by atoms with Crippen LogP contribution in [0.4, 0.5) is 0 Å². The van der Waals surface area contributed by atoms with Crippen molar-refractivity contribution in [3.8, 4) is 22.6 Å². The minimum absolute atomic E-state index is 0.217. The molecule has 0 spiro atoms. The first-order valence-corrected chi connectivity index (χ1v) is 12.6. The molecule has 0 aromatic heterocycles. The van der Waals surface area contributed by atoms with Crippen molar-refractivity contribution in [2.45, 2.75) is 31.5 Å². The van der Waals surface area contributed by atoms with Gasteiger partial charge in [0.05, 0.1) is 13.2 Å². The summed E-state index contributed by atoms with van der Waals surface area (Å²) in [5, 5.41) is 9.96. The Morgan fingerprint density at radius 2 is 1.51 bits per heavy atom. The first kappa shape index (κ1) is 24.6. The van der Waals surface area contributed by atoms with Gasteiger partial charge in [-0.25, -0.2) is 0 Å². The molecule has 0 radical (unpaired) electrons. The van der Waals surface area contributed by atoms with E-state index in [0.29, 0.717) is 24.5 Å². The molecule has 0 amide bonds. The number of aliphatic carboxylic acids is 1. The number of methoxy groups -OCH3 is 1. The fourth-order valence-electron chi connectivity index (χ4n) is 5.14. The highest BCUT2D eigenvalue weighted by molar-refractivity contribution is 5.74. The number of benzene rings is 4. The van der Waals surface area contributed by atoms with E-state index in [1.165, 1.54) is 0 Å². The van der Waals surface area contributed by atoms with Crippen molar-refractivity contribution in [1.29, 1.82) is 0 Å². The van der Waals surface area contributed by atoms with Crippen LogP contribution in [0, 0.1) is 0 Å². The molecule has 0 saturated carbocycles. The second-order valence-corrected chi connectivity index (χ2v) is 9.31. The van der Waals surface area contributed by atoms with Crippen LogP contribution < -0.4 is 9.47 Å². The molecule has 1 aliphatic heterocycles. The van der Waals surface area contributed by atoms with Crippen LogP contribution in [0.3, 0.4) is 0 Å². The van der Waals surface area contributed by atoms with E-state index in [9.17, 15) is 9.90 Å². The van der Waals surface area contributed by atoms with Crippen LogP contribution in [0.2, 0.25) is 0 Å². The molecule has 1 fully saturated rings. The summed E-state index contributed by atoms with van der Waals surface area (Å²) in [5.41, 5.74) is 5.38. The monoisotopic (exact) mass is 493 g/mol. The Morgan fingerprint density at radius 1 is 0.865 bits per heavy atom. The fourth-order valence-corrected chi connectivity index (χ4v) is 5.14. The predicted molar refractivity (Wildman–Crippen MR) is 145 cm³/mol. The molecular weight excluding hydrogens is 462 g/mol. The number of hydrogen-bond donors (Lipinski definition) is 1. The van der Waals surface area contributed by atoms with Gasteiger partial charge >= 0.3 is 5.97 Å². The minimum Gasteiger partial charge on any atom is -0.493 e. The molecule has 1 N–H and O–H groups in total. The second kappa shape index (κ2) is 11.3. The zero-order valence-electron chi connectivity index (χ0n) is 20.9. The smallest absolute Gasteiger partial charge is 0.320 e. The van der Waals surface area contributed by atoms with Crippen molar-refractivity contribution in [2.75, 3.05) is 13.7 Å². The van der Waals surface area contributed by atoms with Crippen LogP contribution in [0.5, 0.6) is 11.5 Å². The number of likely N-dealkylation sites (tertiary alicyclic amines) is 1. The maximum Gasteiger partial charge on any atom is 0.320 e. The van der Waals surface area contributed by atoms with E-state index in [4.69, 9.17) is 9.47 Å². The fraction of sp³-hybridized carbons (Fsp3) is 0.219. The van der Waals surface area contributed by atoms with Gasteiger partial charge in [0.15, 0.2) is 11.5 Å². The summed E-state index contributed by atoms with van der Waals surface area (Å²) >= 11 is 0. The SMILES string of the molecule is COc1cc(C(c2ccc(-c3ccccc3)cc2)N2CCCC2C(=O)O)ccc1OCc1ccccc1. The summed E-state index contributed by atoms with van der Waals surface area (Å²) in [7, 11) is 1.63. The van der Waals surface area contributed by atoms with Gasteiger partial charge in [0.1, 0.15) is 12.6 Å². The van der Waals surface area contributed by atoms with Gasteiger partial charge in [0, 0.05) is 6.54 Å². The van der Waals surface area contributed by atoms with E-state index >= 15 is 0 Å². The zero-order chi connectivity index (χ0) is 25.6. The topological polar surface area (TPSA) is 59.0 Å². The van der Waals surface area contributed by atoms with E-state index in [0.717, 1.165) is 40.8 Å². The third-order valence-electron chi connectivity index (χ3n) is 6.99. The maximum atomic E-state index is 12.1. The third-order valence-corrected chi connectivity index (χ3v) is 6.99. The summed E-state index contributed by atoms with van der Waals surface area (Å²) in [5.74, 6) is 0.507. The molecule has 2 atom stereocenters. The number of ether oxygens (including phenoxy) is 2. The number of carboxylic acids is 1. The summed E-state index contributed by atoms with van der Waals surface area (Å²) in [6.45, 7) is 1.16. The van der Waals surface area contributed by atoms with E-state index in [1.807, 2.05) is 66.7 Å². The van der Waals surface area contributed by atoms with Crippen LogP contribution >= 0.6 is 0 Å². The van der Waals surface area contributed by atoms with Crippen LogP contribution in [0.1, 0.15) is 35.6 Å². The molecule has 1 heterocycles. The molecule has 0 bridgehead atoms. The molecule has 1 saturated heterocycles. The Hall–Kier alpha value is -4.09. The average molecular weight is 494 g/mol. The molecule has 5 rings (SSSR count). The van der Waals surface area contributed by atoms with Crippen LogP contribution in [0.25, 0.3) is 11.1 Å². The third kappa shape index (κ3) is 5.52. The molecule has 188 valence electrons. The molecule has 4 aromatic rings. The van der Waals surface area contributed by atoms with E-state index in [1.54, 1.807) is 7.11 Å². The van der Waals surface area contributed by atoms with Gasteiger partial charge in [0.25, 0.3) is 0 Å². The lowest BCUT2D eigenvalue weighted by Crippen LogP contribution is -2.39. The second-order valence-electron chi connectivity index (χ2n) is 9.31. The predicted octanol–water partition coefficient (Wildman–Crippen LogP) is 6.58. The van der Waals surface area contributed by atoms with Crippen LogP contribution in [-0.4, -0.2) is 35.7 Å². The largest absolute Gasteiger partial charge is 0.493 e. The molecule has 1 aliphatic rings. The number of hydrogen-bond acceptors (Lipinski definition) is 4. The van der Waals surface area contributed by atoms with Gasteiger partial charge < -0.3 is 14.6 Å². The molecule has 5 heteroatoms. The molecular formula is C32H31NO4. The van der Waals surface area contributed by atoms with Gasteiger partial charge in [-0.05, 0) is 52.8 Å². The number of carboxylic acid groups (broad SMARTS) is 1. The lowest BCUT2D eigenvalue weighted by molar-refractivity contribution is -0.142. The molecule has 5 nitrogen and oxygen atoms in total. The van der Waals surface area contributed by atoms with Gasteiger partial charge in [-0.3, -0.25) is 9.69 Å². The summed E-state index contributed by atoms with van der Waals surface area (Å²) in [6.07, 6.45) is 1.49. The first-order chi connectivity index (χ1) is 18.1. The highest BCUT2D eigenvalue weighted by Gasteiger charge is 2.37. The zero-order valence-corrected chi connectivity index (χ0v) is 20.9. The van der Waals surface area contributed by atoms with Gasteiger partial charge in [-0.2, -0.15) is 0 Å². The molecule has 0 aliphatic carbocycles. The van der Waals surface area contributed by atoms with Crippen molar-refractivity contribution in [3.63, 3.8) is 0 Å². The van der Waals surface area contributed by atoms with Crippen molar-refractivity contribution < 1.29 is 19.4 Å². The Bertz CT molecular complexity index is 1320. The standard InChI is InChI=1S/C32H31NO4/c1-36-30-21-27(18-19-29(30)37-22-23-9-4-2-5-10-23)31(33-20-8-13-28(33)32(34)35)26-16-14-25(15-17-26)24-11-6-3-7-12-24/h2-7,9-12,14-19,21,28,31H,8,13,20,22H2,1H3,(H,34,35). The van der Waals surface area contributed by atoms with E-state index in [-0.39, 0.29) is 6.04 Å². The Kier molecular flexibility index (Phi) is 7.52. The van der Waals surface area contributed by atoms with Crippen molar-refractivity contribution in [1.82, 2.24) is 4.90 Å². The summed E-state index contributed by atoms with van der Waals surface area (Å²) in [6, 6.07) is 33.9. The number of nitrogens with zero attached hydrogens (tertiary/aromatic N) is 1. The van der Waals surface area contributed by atoms with Gasteiger partial charge in [-0.1, -0.05) is 91.0 Å². The van der Waals surface area contributed by atoms with Crippen molar-refractivity contribution in [2.24, 2.45) is 0 Å². The van der Waals surface area contributed by atoms with Crippen molar-refractivity contribution >= 4 is 5.97 Å². The highest BCUT2D eigenvalue weighted by Crippen LogP contribution is 2.39. The average Bonchev–Trinajstić information content (AvgIpc) is 3.44. The van der Waals surface area contributed by atoms with E-state index in [2.05, 4.69) is 41.3 Å². The molecule has 4 aromatic carbocycles. The van der Waals surface area contributed by atoms with Crippen LogP contribution in [-0.2, 0) is 11.4 Å². The Balaban J connectivity index is 1.48. The van der Waals surface area contributed by atoms with E-state index < -0.39 is 12.0 Å².